The van der Waals surface area contributed by atoms with Gasteiger partial charge in [0, 0.05) is 24.7 Å². The standard InChI is InChI=1S/C14H20N2O2/c1-10(2)8-9-15-14(18)12-4-6-13(7-5-12)16-11(3)17/h4-7,10H,8-9H2,1-3H3,(H,15,18)(H,16,17). The minimum Gasteiger partial charge on any atom is -0.352 e. The summed E-state index contributed by atoms with van der Waals surface area (Å²) in [6.07, 6.45) is 0.968. The van der Waals surface area contributed by atoms with E-state index in [0.717, 1.165) is 6.42 Å². The van der Waals surface area contributed by atoms with Crippen LogP contribution in [0.4, 0.5) is 5.69 Å². The zero-order valence-corrected chi connectivity index (χ0v) is 11.1. The molecule has 0 aliphatic heterocycles. The van der Waals surface area contributed by atoms with Crippen LogP contribution in [0.2, 0.25) is 0 Å². The normalized spacial score (nSPS) is 10.2. The van der Waals surface area contributed by atoms with E-state index in [-0.39, 0.29) is 11.8 Å². The number of nitrogens with one attached hydrogen (secondary N) is 2. The third kappa shape index (κ3) is 4.99. The van der Waals surface area contributed by atoms with Crippen LogP contribution in [0.3, 0.4) is 0 Å². The van der Waals surface area contributed by atoms with Crippen LogP contribution < -0.4 is 10.6 Å². The van der Waals surface area contributed by atoms with Gasteiger partial charge in [-0.1, -0.05) is 13.8 Å². The largest absolute Gasteiger partial charge is 0.352 e. The van der Waals surface area contributed by atoms with Gasteiger partial charge in [-0.3, -0.25) is 9.59 Å². The maximum atomic E-state index is 11.8. The van der Waals surface area contributed by atoms with Crippen molar-refractivity contribution in [3.63, 3.8) is 0 Å². The Morgan fingerprint density at radius 1 is 1.17 bits per heavy atom. The Labute approximate surface area is 108 Å². The van der Waals surface area contributed by atoms with Gasteiger partial charge in [0.05, 0.1) is 0 Å². The summed E-state index contributed by atoms with van der Waals surface area (Å²) in [5.74, 6) is 0.376. The predicted octanol–water partition coefficient (Wildman–Crippen LogP) is 2.42. The topological polar surface area (TPSA) is 58.2 Å². The quantitative estimate of drug-likeness (QED) is 0.840. The highest BCUT2D eigenvalue weighted by atomic mass is 16.2. The van der Waals surface area contributed by atoms with Crippen LogP contribution in [0.1, 0.15) is 37.6 Å². The van der Waals surface area contributed by atoms with Crippen LogP contribution in [0, 0.1) is 5.92 Å². The van der Waals surface area contributed by atoms with E-state index in [4.69, 9.17) is 0 Å². The highest BCUT2D eigenvalue weighted by Crippen LogP contribution is 2.09. The molecule has 0 aromatic heterocycles. The Hall–Kier alpha value is -1.84. The highest BCUT2D eigenvalue weighted by Gasteiger charge is 2.05. The lowest BCUT2D eigenvalue weighted by Gasteiger charge is -2.08. The number of benzene rings is 1. The van der Waals surface area contributed by atoms with Crippen LogP contribution in [0.5, 0.6) is 0 Å². The summed E-state index contributed by atoms with van der Waals surface area (Å²) in [6, 6.07) is 6.85. The fourth-order valence-electron chi connectivity index (χ4n) is 1.48. The number of amides is 2. The van der Waals surface area contributed by atoms with Gasteiger partial charge in [-0.15, -0.1) is 0 Å². The van der Waals surface area contributed by atoms with Crippen LogP contribution in [0.25, 0.3) is 0 Å². The van der Waals surface area contributed by atoms with E-state index >= 15 is 0 Å². The molecule has 0 bridgehead atoms. The molecule has 1 aromatic carbocycles. The lowest BCUT2D eigenvalue weighted by molar-refractivity contribution is -0.114. The van der Waals surface area contributed by atoms with Gasteiger partial charge < -0.3 is 10.6 Å². The van der Waals surface area contributed by atoms with Crippen LogP contribution in [-0.4, -0.2) is 18.4 Å². The van der Waals surface area contributed by atoms with E-state index < -0.39 is 0 Å². The summed E-state index contributed by atoms with van der Waals surface area (Å²) >= 11 is 0. The zero-order valence-electron chi connectivity index (χ0n) is 11.1. The van der Waals surface area contributed by atoms with Gasteiger partial charge in [-0.25, -0.2) is 0 Å². The van der Waals surface area contributed by atoms with Gasteiger partial charge in [0.1, 0.15) is 0 Å². The Kier molecular flexibility index (Phi) is 5.36. The molecule has 1 rings (SSSR count). The Morgan fingerprint density at radius 3 is 2.28 bits per heavy atom. The smallest absolute Gasteiger partial charge is 0.251 e. The number of carbonyl (C=O) groups excluding carboxylic acids is 2. The first-order chi connectivity index (χ1) is 8.49. The molecule has 0 heterocycles. The SMILES string of the molecule is CC(=O)Nc1ccc(C(=O)NCCC(C)C)cc1. The molecule has 0 unspecified atom stereocenters. The molecular formula is C14H20N2O2. The summed E-state index contributed by atoms with van der Waals surface area (Å²) in [7, 11) is 0. The number of rotatable bonds is 5. The first-order valence-corrected chi connectivity index (χ1v) is 6.15. The molecule has 2 N–H and O–H groups in total. The van der Waals surface area contributed by atoms with E-state index in [0.29, 0.717) is 23.7 Å². The second kappa shape index (κ2) is 6.79. The van der Waals surface area contributed by atoms with Crippen molar-refractivity contribution in [3.8, 4) is 0 Å². The Balaban J connectivity index is 2.51. The molecular weight excluding hydrogens is 228 g/mol. The Morgan fingerprint density at radius 2 is 1.78 bits per heavy atom. The average molecular weight is 248 g/mol. The van der Waals surface area contributed by atoms with E-state index in [1.54, 1.807) is 24.3 Å². The van der Waals surface area contributed by atoms with Crippen LogP contribution in [0.15, 0.2) is 24.3 Å². The minimum atomic E-state index is -0.121. The predicted molar refractivity (Wildman–Crippen MR) is 72.5 cm³/mol. The van der Waals surface area contributed by atoms with Crippen molar-refractivity contribution in [1.29, 1.82) is 0 Å². The van der Waals surface area contributed by atoms with Crippen molar-refractivity contribution < 1.29 is 9.59 Å². The molecule has 2 amide bonds. The first-order valence-electron chi connectivity index (χ1n) is 6.15. The van der Waals surface area contributed by atoms with Crippen molar-refractivity contribution in [2.75, 3.05) is 11.9 Å². The zero-order chi connectivity index (χ0) is 13.5. The molecule has 0 saturated carbocycles. The van der Waals surface area contributed by atoms with Gasteiger partial charge in [-0.2, -0.15) is 0 Å². The Bertz CT molecular complexity index is 410. The number of hydrogen-bond acceptors (Lipinski definition) is 2. The minimum absolute atomic E-state index is 0.0787. The molecule has 0 aliphatic rings. The summed E-state index contributed by atoms with van der Waals surface area (Å²) in [4.78, 5) is 22.6. The van der Waals surface area contributed by atoms with E-state index in [9.17, 15) is 9.59 Å². The maximum Gasteiger partial charge on any atom is 0.251 e. The van der Waals surface area contributed by atoms with Crippen molar-refractivity contribution in [3.05, 3.63) is 29.8 Å². The monoisotopic (exact) mass is 248 g/mol. The third-order valence-corrected chi connectivity index (χ3v) is 2.47. The lowest BCUT2D eigenvalue weighted by Crippen LogP contribution is -2.25. The van der Waals surface area contributed by atoms with Crippen LogP contribution in [-0.2, 0) is 4.79 Å². The van der Waals surface area contributed by atoms with Crippen molar-refractivity contribution in [2.24, 2.45) is 5.92 Å². The molecule has 4 nitrogen and oxygen atoms in total. The molecule has 98 valence electrons. The van der Waals surface area contributed by atoms with Gasteiger partial charge >= 0.3 is 0 Å². The molecule has 4 heteroatoms. The molecule has 0 saturated heterocycles. The molecule has 0 aliphatic carbocycles. The van der Waals surface area contributed by atoms with Crippen LogP contribution >= 0.6 is 0 Å². The molecule has 0 spiro atoms. The van der Waals surface area contributed by atoms with E-state index in [1.165, 1.54) is 6.92 Å². The molecule has 18 heavy (non-hydrogen) atoms. The van der Waals surface area contributed by atoms with E-state index in [2.05, 4.69) is 24.5 Å². The third-order valence-electron chi connectivity index (χ3n) is 2.47. The second-order valence-electron chi connectivity index (χ2n) is 4.70. The fourth-order valence-corrected chi connectivity index (χ4v) is 1.48. The van der Waals surface area contributed by atoms with Crippen molar-refractivity contribution >= 4 is 17.5 Å². The second-order valence-corrected chi connectivity index (χ2v) is 4.70. The van der Waals surface area contributed by atoms with Gasteiger partial charge in [-0.05, 0) is 36.6 Å². The molecule has 0 radical (unpaired) electrons. The summed E-state index contributed by atoms with van der Waals surface area (Å²) in [6.45, 7) is 6.37. The molecule has 0 atom stereocenters. The summed E-state index contributed by atoms with van der Waals surface area (Å²) in [5.41, 5.74) is 1.30. The van der Waals surface area contributed by atoms with Gasteiger partial charge in [0.15, 0.2) is 0 Å². The van der Waals surface area contributed by atoms with E-state index in [1.807, 2.05) is 0 Å². The number of carbonyl (C=O) groups is 2. The van der Waals surface area contributed by atoms with Gasteiger partial charge in [0.2, 0.25) is 5.91 Å². The van der Waals surface area contributed by atoms with Crippen molar-refractivity contribution in [2.45, 2.75) is 27.2 Å². The van der Waals surface area contributed by atoms with Crippen molar-refractivity contribution in [1.82, 2.24) is 5.32 Å². The summed E-state index contributed by atoms with van der Waals surface area (Å²) < 4.78 is 0. The van der Waals surface area contributed by atoms with Gasteiger partial charge in [0.25, 0.3) is 5.91 Å². The lowest BCUT2D eigenvalue weighted by atomic mass is 10.1. The fraction of sp³-hybridized carbons (Fsp3) is 0.429. The molecule has 0 fully saturated rings. The highest BCUT2D eigenvalue weighted by molar-refractivity contribution is 5.95. The number of anilines is 1. The average Bonchev–Trinajstić information content (AvgIpc) is 2.28. The number of hydrogen-bond donors (Lipinski definition) is 2. The first kappa shape index (κ1) is 14.2. The maximum absolute atomic E-state index is 11.8. The molecule has 1 aromatic rings. The summed E-state index contributed by atoms with van der Waals surface area (Å²) in [5, 5.41) is 5.52.